The Morgan fingerprint density at radius 2 is 2.19 bits per heavy atom. The van der Waals surface area contributed by atoms with Crippen molar-refractivity contribution in [3.8, 4) is 0 Å². The van der Waals surface area contributed by atoms with E-state index in [0.717, 1.165) is 0 Å². The van der Waals surface area contributed by atoms with E-state index in [9.17, 15) is 19.8 Å². The van der Waals surface area contributed by atoms with E-state index in [4.69, 9.17) is 9.47 Å². The van der Waals surface area contributed by atoms with Crippen LogP contribution in [0.15, 0.2) is 23.8 Å². The van der Waals surface area contributed by atoms with Gasteiger partial charge in [-0.1, -0.05) is 6.08 Å². The van der Waals surface area contributed by atoms with Crippen molar-refractivity contribution in [2.45, 2.75) is 58.0 Å². The second-order valence-electron chi connectivity index (χ2n) is 5.06. The van der Waals surface area contributed by atoms with E-state index in [1.165, 1.54) is 19.1 Å². The summed E-state index contributed by atoms with van der Waals surface area (Å²) in [7, 11) is 0. The molecule has 0 amide bonds. The largest absolute Gasteiger partial charge is 0.455 e. The minimum atomic E-state index is -0.914. The van der Waals surface area contributed by atoms with Gasteiger partial charge in [-0.05, 0) is 39.7 Å². The standard InChI is InChI=1S/C15H22O6/c1-4-9(2)15(19)21-13-7-8-14(18)20-12(13)6-5-11(17)10(3)16/h4,7-8,10-13,16-17H,5-6H2,1-3H3/b9-4+/t10-,11-,12-,13+/m0/s1. The van der Waals surface area contributed by atoms with Crippen molar-refractivity contribution in [3.63, 3.8) is 0 Å². The smallest absolute Gasteiger partial charge is 0.334 e. The van der Waals surface area contributed by atoms with E-state index in [0.29, 0.717) is 5.57 Å². The fourth-order valence-electron chi connectivity index (χ4n) is 1.80. The van der Waals surface area contributed by atoms with Crippen LogP contribution in [0.5, 0.6) is 0 Å². The molecule has 0 aromatic carbocycles. The number of rotatable bonds is 6. The third-order valence-corrected chi connectivity index (χ3v) is 3.36. The average Bonchev–Trinajstić information content (AvgIpc) is 2.45. The number of hydrogen-bond donors (Lipinski definition) is 2. The van der Waals surface area contributed by atoms with E-state index >= 15 is 0 Å². The molecule has 118 valence electrons. The predicted octanol–water partition coefficient (Wildman–Crippen LogP) is 0.868. The van der Waals surface area contributed by atoms with Gasteiger partial charge < -0.3 is 19.7 Å². The van der Waals surface area contributed by atoms with Gasteiger partial charge in [0.25, 0.3) is 0 Å². The Morgan fingerprint density at radius 1 is 1.52 bits per heavy atom. The molecule has 0 bridgehead atoms. The van der Waals surface area contributed by atoms with Crippen molar-refractivity contribution >= 4 is 11.9 Å². The van der Waals surface area contributed by atoms with Crippen LogP contribution in [0.4, 0.5) is 0 Å². The highest BCUT2D eigenvalue weighted by Crippen LogP contribution is 2.20. The van der Waals surface area contributed by atoms with Crippen LogP contribution in [0.25, 0.3) is 0 Å². The molecular formula is C15H22O6. The van der Waals surface area contributed by atoms with E-state index in [-0.39, 0.29) is 12.8 Å². The van der Waals surface area contributed by atoms with Crippen LogP contribution in [-0.4, -0.2) is 46.6 Å². The summed E-state index contributed by atoms with van der Waals surface area (Å²) in [6, 6.07) is 0. The molecule has 1 heterocycles. The third kappa shape index (κ3) is 5.32. The second-order valence-corrected chi connectivity index (χ2v) is 5.06. The van der Waals surface area contributed by atoms with E-state index in [2.05, 4.69) is 0 Å². The van der Waals surface area contributed by atoms with Gasteiger partial charge in [-0.3, -0.25) is 0 Å². The van der Waals surface area contributed by atoms with E-state index < -0.39 is 36.4 Å². The molecule has 0 radical (unpaired) electrons. The summed E-state index contributed by atoms with van der Waals surface area (Å²) in [5.41, 5.74) is 0.461. The van der Waals surface area contributed by atoms with Crippen molar-refractivity contribution in [3.05, 3.63) is 23.8 Å². The van der Waals surface area contributed by atoms with Gasteiger partial charge in [0.05, 0.1) is 12.2 Å². The Morgan fingerprint density at radius 3 is 2.76 bits per heavy atom. The van der Waals surface area contributed by atoms with Gasteiger partial charge in [-0.2, -0.15) is 0 Å². The first kappa shape index (κ1) is 17.4. The highest BCUT2D eigenvalue weighted by atomic mass is 16.6. The number of cyclic esters (lactones) is 1. The number of aliphatic hydroxyl groups excluding tert-OH is 2. The van der Waals surface area contributed by atoms with Gasteiger partial charge in [0, 0.05) is 11.6 Å². The highest BCUT2D eigenvalue weighted by Gasteiger charge is 2.30. The number of allylic oxidation sites excluding steroid dienone is 1. The molecule has 0 aliphatic carbocycles. The van der Waals surface area contributed by atoms with Crippen LogP contribution in [0.3, 0.4) is 0 Å². The first-order chi connectivity index (χ1) is 9.85. The van der Waals surface area contributed by atoms with Crippen molar-refractivity contribution < 1.29 is 29.3 Å². The number of carbonyl (C=O) groups is 2. The normalized spacial score (nSPS) is 25.2. The summed E-state index contributed by atoms with van der Waals surface area (Å²) in [5.74, 6) is -0.993. The van der Waals surface area contributed by atoms with E-state index in [1.54, 1.807) is 19.9 Å². The van der Waals surface area contributed by atoms with Crippen LogP contribution in [0.1, 0.15) is 33.6 Å². The van der Waals surface area contributed by atoms with Gasteiger partial charge >= 0.3 is 11.9 Å². The van der Waals surface area contributed by atoms with Gasteiger partial charge in [0.2, 0.25) is 0 Å². The molecule has 0 aromatic heterocycles. The van der Waals surface area contributed by atoms with Crippen LogP contribution >= 0.6 is 0 Å². The van der Waals surface area contributed by atoms with Gasteiger partial charge in [0.15, 0.2) is 6.10 Å². The number of ether oxygens (including phenoxy) is 2. The zero-order valence-electron chi connectivity index (χ0n) is 12.5. The van der Waals surface area contributed by atoms with Crippen molar-refractivity contribution in [1.82, 2.24) is 0 Å². The fraction of sp³-hybridized carbons (Fsp3) is 0.600. The molecule has 1 aliphatic heterocycles. The summed E-state index contributed by atoms with van der Waals surface area (Å²) >= 11 is 0. The summed E-state index contributed by atoms with van der Waals surface area (Å²) < 4.78 is 10.4. The number of hydrogen-bond acceptors (Lipinski definition) is 6. The molecule has 21 heavy (non-hydrogen) atoms. The fourth-order valence-corrected chi connectivity index (χ4v) is 1.80. The molecule has 0 unspecified atom stereocenters. The molecule has 0 spiro atoms. The Labute approximate surface area is 124 Å². The lowest BCUT2D eigenvalue weighted by Crippen LogP contribution is -2.38. The average molecular weight is 298 g/mol. The Kier molecular flexibility index (Phi) is 6.58. The number of esters is 2. The molecule has 0 aromatic rings. The van der Waals surface area contributed by atoms with E-state index in [1.807, 2.05) is 0 Å². The van der Waals surface area contributed by atoms with Crippen molar-refractivity contribution in [2.75, 3.05) is 0 Å². The minimum absolute atomic E-state index is 0.236. The number of carbonyl (C=O) groups excluding carboxylic acids is 2. The molecule has 0 fully saturated rings. The number of aliphatic hydroxyl groups is 2. The minimum Gasteiger partial charge on any atom is -0.455 e. The topological polar surface area (TPSA) is 93.1 Å². The van der Waals surface area contributed by atoms with Crippen LogP contribution in [0.2, 0.25) is 0 Å². The monoisotopic (exact) mass is 298 g/mol. The maximum atomic E-state index is 11.8. The third-order valence-electron chi connectivity index (χ3n) is 3.36. The maximum absolute atomic E-state index is 11.8. The Balaban J connectivity index is 2.67. The zero-order valence-corrected chi connectivity index (χ0v) is 12.5. The predicted molar refractivity (Wildman–Crippen MR) is 75.3 cm³/mol. The molecule has 6 heteroatoms. The summed E-state index contributed by atoms with van der Waals surface area (Å²) in [5, 5.41) is 18.8. The molecule has 1 rings (SSSR count). The molecule has 6 nitrogen and oxygen atoms in total. The zero-order chi connectivity index (χ0) is 16.0. The SMILES string of the molecule is C/C=C(\C)C(=O)O[C@@H]1C=CC(=O)O[C@H]1CC[C@H](O)[C@H](C)O. The van der Waals surface area contributed by atoms with Crippen LogP contribution in [0, 0.1) is 0 Å². The van der Waals surface area contributed by atoms with Crippen LogP contribution < -0.4 is 0 Å². The summed E-state index contributed by atoms with van der Waals surface area (Å²) in [6.45, 7) is 4.83. The van der Waals surface area contributed by atoms with Crippen LogP contribution in [-0.2, 0) is 19.1 Å². The molecular weight excluding hydrogens is 276 g/mol. The lowest BCUT2D eigenvalue weighted by atomic mass is 10.0. The Bertz CT molecular complexity index is 437. The lowest BCUT2D eigenvalue weighted by molar-refractivity contribution is -0.162. The first-order valence-corrected chi connectivity index (χ1v) is 6.94. The van der Waals surface area contributed by atoms with Gasteiger partial charge in [0.1, 0.15) is 6.10 Å². The molecule has 0 saturated carbocycles. The molecule has 2 N–H and O–H groups in total. The van der Waals surface area contributed by atoms with Gasteiger partial charge in [-0.15, -0.1) is 0 Å². The first-order valence-electron chi connectivity index (χ1n) is 6.94. The highest BCUT2D eigenvalue weighted by molar-refractivity contribution is 5.88. The van der Waals surface area contributed by atoms with Crippen molar-refractivity contribution in [1.29, 1.82) is 0 Å². The molecule has 4 atom stereocenters. The lowest BCUT2D eigenvalue weighted by Gasteiger charge is -2.28. The Hall–Kier alpha value is -1.66. The molecule has 1 aliphatic rings. The summed E-state index contributed by atoms with van der Waals surface area (Å²) in [6.07, 6.45) is 1.71. The second kappa shape index (κ2) is 7.95. The molecule has 0 saturated heterocycles. The quantitative estimate of drug-likeness (QED) is 0.558. The maximum Gasteiger partial charge on any atom is 0.334 e. The summed E-state index contributed by atoms with van der Waals surface area (Å²) in [4.78, 5) is 23.1. The van der Waals surface area contributed by atoms with Crippen molar-refractivity contribution in [2.24, 2.45) is 0 Å². The van der Waals surface area contributed by atoms with Gasteiger partial charge in [-0.25, -0.2) is 9.59 Å².